The molecule has 0 spiro atoms. The first-order valence-electron chi connectivity index (χ1n) is 4.65. The van der Waals surface area contributed by atoms with E-state index in [1.54, 1.807) is 18.6 Å². The lowest BCUT2D eigenvalue weighted by Gasteiger charge is -2.13. The van der Waals surface area contributed by atoms with Gasteiger partial charge in [0.05, 0.1) is 0 Å². The zero-order valence-electron chi connectivity index (χ0n) is 8.56. The molecule has 0 radical (unpaired) electrons. The third-order valence-electron chi connectivity index (χ3n) is 1.93. The summed E-state index contributed by atoms with van der Waals surface area (Å²) in [7, 11) is -0.696. The van der Waals surface area contributed by atoms with Gasteiger partial charge in [0.2, 0.25) is 0 Å². The molecule has 1 aromatic heterocycles. The number of hydrogen-bond donors (Lipinski definition) is 1. The Morgan fingerprint density at radius 1 is 1.50 bits per heavy atom. The van der Waals surface area contributed by atoms with E-state index >= 15 is 0 Å². The number of nitrogens with one attached hydrogen (secondary N) is 1. The van der Waals surface area contributed by atoms with Crippen LogP contribution in [-0.2, 0) is 10.8 Å². The SMILES string of the molecule is CC(CCS(C)=O)Nc1ccncc1. The molecule has 2 unspecified atom stereocenters. The van der Waals surface area contributed by atoms with Crippen molar-refractivity contribution in [2.75, 3.05) is 17.3 Å². The van der Waals surface area contributed by atoms with Crippen LogP contribution < -0.4 is 5.32 Å². The van der Waals surface area contributed by atoms with E-state index in [4.69, 9.17) is 0 Å². The fourth-order valence-corrected chi connectivity index (χ4v) is 1.83. The molecule has 0 aromatic carbocycles. The zero-order chi connectivity index (χ0) is 10.4. The summed E-state index contributed by atoms with van der Waals surface area (Å²) in [6.07, 6.45) is 6.17. The third-order valence-corrected chi connectivity index (χ3v) is 2.74. The first kappa shape index (κ1) is 11.2. The van der Waals surface area contributed by atoms with E-state index in [0.29, 0.717) is 6.04 Å². The Morgan fingerprint density at radius 2 is 2.14 bits per heavy atom. The molecule has 0 amide bonds. The molecule has 78 valence electrons. The predicted molar refractivity (Wildman–Crippen MR) is 60.9 cm³/mol. The van der Waals surface area contributed by atoms with Crippen molar-refractivity contribution in [3.63, 3.8) is 0 Å². The average Bonchev–Trinajstić information content (AvgIpc) is 2.16. The molecule has 0 saturated carbocycles. The molecule has 1 rings (SSSR count). The topological polar surface area (TPSA) is 42.0 Å². The molecule has 0 saturated heterocycles. The minimum atomic E-state index is -0.696. The van der Waals surface area contributed by atoms with Crippen LogP contribution in [0.5, 0.6) is 0 Å². The number of pyridine rings is 1. The monoisotopic (exact) mass is 212 g/mol. The molecule has 1 aromatic rings. The molecule has 0 aliphatic heterocycles. The number of hydrogen-bond acceptors (Lipinski definition) is 3. The Hall–Kier alpha value is -0.900. The van der Waals surface area contributed by atoms with Gasteiger partial charge in [0.25, 0.3) is 0 Å². The lowest BCUT2D eigenvalue weighted by Crippen LogP contribution is -2.17. The van der Waals surface area contributed by atoms with Crippen LogP contribution in [0.3, 0.4) is 0 Å². The van der Waals surface area contributed by atoms with E-state index in [1.807, 2.05) is 12.1 Å². The molecular formula is C10H16N2OS. The van der Waals surface area contributed by atoms with Crippen LogP contribution in [0.1, 0.15) is 13.3 Å². The van der Waals surface area contributed by atoms with Gasteiger partial charge >= 0.3 is 0 Å². The van der Waals surface area contributed by atoms with E-state index in [9.17, 15) is 4.21 Å². The maximum atomic E-state index is 10.9. The number of aromatic nitrogens is 1. The molecular weight excluding hydrogens is 196 g/mol. The second-order valence-electron chi connectivity index (χ2n) is 3.35. The first-order chi connectivity index (χ1) is 6.68. The summed E-state index contributed by atoms with van der Waals surface area (Å²) in [4.78, 5) is 3.94. The Balaban J connectivity index is 2.34. The maximum absolute atomic E-state index is 10.9. The Morgan fingerprint density at radius 3 is 2.71 bits per heavy atom. The van der Waals surface area contributed by atoms with Crippen LogP contribution in [0.2, 0.25) is 0 Å². The summed E-state index contributed by atoms with van der Waals surface area (Å²) in [5.74, 6) is 0.749. The fraction of sp³-hybridized carbons (Fsp3) is 0.500. The largest absolute Gasteiger partial charge is 0.382 e. The highest BCUT2D eigenvalue weighted by Gasteiger charge is 2.02. The second-order valence-corrected chi connectivity index (χ2v) is 4.90. The molecule has 1 heterocycles. The van der Waals surface area contributed by atoms with E-state index in [0.717, 1.165) is 17.9 Å². The van der Waals surface area contributed by atoms with Crippen molar-refractivity contribution in [1.29, 1.82) is 0 Å². The van der Waals surface area contributed by atoms with Gasteiger partial charge in [-0.25, -0.2) is 0 Å². The van der Waals surface area contributed by atoms with E-state index < -0.39 is 10.8 Å². The van der Waals surface area contributed by atoms with Crippen molar-refractivity contribution in [2.24, 2.45) is 0 Å². The Labute approximate surface area is 87.4 Å². The van der Waals surface area contributed by atoms with E-state index in [-0.39, 0.29) is 0 Å². The summed E-state index contributed by atoms with van der Waals surface area (Å²) in [6.45, 7) is 2.09. The Kier molecular flexibility index (Phi) is 4.59. The summed E-state index contributed by atoms with van der Waals surface area (Å²) < 4.78 is 10.9. The standard InChI is InChI=1S/C10H16N2OS/c1-9(5-8-14(2)13)12-10-3-6-11-7-4-10/h3-4,6-7,9H,5,8H2,1-2H3,(H,11,12). The third kappa shape index (κ3) is 4.37. The zero-order valence-corrected chi connectivity index (χ0v) is 9.38. The maximum Gasteiger partial charge on any atom is 0.0373 e. The van der Waals surface area contributed by atoms with Crippen molar-refractivity contribution < 1.29 is 4.21 Å². The van der Waals surface area contributed by atoms with Crippen molar-refractivity contribution in [3.05, 3.63) is 24.5 Å². The molecule has 0 aliphatic carbocycles. The minimum Gasteiger partial charge on any atom is -0.382 e. The van der Waals surface area contributed by atoms with Gasteiger partial charge in [0, 0.05) is 46.9 Å². The molecule has 3 nitrogen and oxygen atoms in total. The molecule has 4 heteroatoms. The van der Waals surface area contributed by atoms with Crippen LogP contribution in [0.15, 0.2) is 24.5 Å². The highest BCUT2D eigenvalue weighted by atomic mass is 32.2. The van der Waals surface area contributed by atoms with Crippen LogP contribution >= 0.6 is 0 Å². The fourth-order valence-electron chi connectivity index (χ4n) is 1.15. The van der Waals surface area contributed by atoms with Gasteiger partial charge in [-0.3, -0.25) is 9.19 Å². The van der Waals surface area contributed by atoms with Gasteiger partial charge in [-0.05, 0) is 25.5 Å². The van der Waals surface area contributed by atoms with Crippen molar-refractivity contribution in [1.82, 2.24) is 4.98 Å². The lowest BCUT2D eigenvalue weighted by molar-refractivity contribution is 0.678. The lowest BCUT2D eigenvalue weighted by atomic mass is 10.2. The quantitative estimate of drug-likeness (QED) is 0.807. The molecule has 0 bridgehead atoms. The van der Waals surface area contributed by atoms with E-state index in [2.05, 4.69) is 17.2 Å². The summed E-state index contributed by atoms with van der Waals surface area (Å²) in [5.41, 5.74) is 1.06. The van der Waals surface area contributed by atoms with Crippen LogP contribution in [0.4, 0.5) is 5.69 Å². The number of anilines is 1. The van der Waals surface area contributed by atoms with Gasteiger partial charge < -0.3 is 5.32 Å². The smallest absolute Gasteiger partial charge is 0.0373 e. The van der Waals surface area contributed by atoms with E-state index in [1.165, 1.54) is 0 Å². The normalized spacial score (nSPS) is 14.7. The van der Waals surface area contributed by atoms with Gasteiger partial charge in [-0.1, -0.05) is 0 Å². The van der Waals surface area contributed by atoms with Gasteiger partial charge in [0.1, 0.15) is 0 Å². The average molecular weight is 212 g/mol. The highest BCUT2D eigenvalue weighted by Crippen LogP contribution is 2.07. The first-order valence-corrected chi connectivity index (χ1v) is 6.38. The Bertz CT molecular complexity index is 289. The van der Waals surface area contributed by atoms with Gasteiger partial charge in [-0.15, -0.1) is 0 Å². The molecule has 1 N–H and O–H groups in total. The number of rotatable bonds is 5. The minimum absolute atomic E-state index is 0.348. The molecule has 2 atom stereocenters. The summed E-state index contributed by atoms with van der Waals surface area (Å²) in [6, 6.07) is 4.21. The van der Waals surface area contributed by atoms with Gasteiger partial charge in [0.15, 0.2) is 0 Å². The van der Waals surface area contributed by atoms with Crippen molar-refractivity contribution in [3.8, 4) is 0 Å². The molecule has 14 heavy (non-hydrogen) atoms. The summed E-state index contributed by atoms with van der Waals surface area (Å²) in [5, 5.41) is 3.32. The molecule has 0 aliphatic rings. The predicted octanol–water partition coefficient (Wildman–Crippen LogP) is 1.65. The van der Waals surface area contributed by atoms with Crippen LogP contribution in [0, 0.1) is 0 Å². The van der Waals surface area contributed by atoms with Crippen molar-refractivity contribution in [2.45, 2.75) is 19.4 Å². The van der Waals surface area contributed by atoms with Crippen LogP contribution in [0.25, 0.3) is 0 Å². The summed E-state index contributed by atoms with van der Waals surface area (Å²) >= 11 is 0. The van der Waals surface area contributed by atoms with Gasteiger partial charge in [-0.2, -0.15) is 0 Å². The van der Waals surface area contributed by atoms with Crippen molar-refractivity contribution >= 4 is 16.5 Å². The highest BCUT2D eigenvalue weighted by molar-refractivity contribution is 7.84. The van der Waals surface area contributed by atoms with Crippen LogP contribution in [-0.4, -0.2) is 27.2 Å². The second kappa shape index (κ2) is 5.75. The number of nitrogens with zero attached hydrogens (tertiary/aromatic N) is 1. The molecule has 0 fully saturated rings.